The zero-order chi connectivity index (χ0) is 17.3. The monoisotopic (exact) mass is 338 g/mol. The number of hydrogen-bond donors (Lipinski definition) is 1. The van der Waals surface area contributed by atoms with Crippen molar-refractivity contribution in [2.45, 2.75) is 109 Å². The van der Waals surface area contributed by atoms with Crippen LogP contribution in [0.3, 0.4) is 0 Å². The Labute approximate surface area is 149 Å². The van der Waals surface area contributed by atoms with Gasteiger partial charge >= 0.3 is 0 Å². The SMILES string of the molecule is CCCCCCCCCC#C[C@H](O)CCCCOC1CCCCO1. The Hall–Kier alpha value is -0.560. The summed E-state index contributed by atoms with van der Waals surface area (Å²) in [5.74, 6) is 6.10. The first-order valence-corrected chi connectivity index (χ1v) is 10.2. The molecule has 1 rings (SSSR count). The lowest BCUT2D eigenvalue weighted by Crippen LogP contribution is -2.22. The lowest BCUT2D eigenvalue weighted by Gasteiger charge is -2.22. The second kappa shape index (κ2) is 15.9. The topological polar surface area (TPSA) is 38.7 Å². The number of rotatable bonds is 13. The molecule has 0 bridgehead atoms. The first-order chi connectivity index (χ1) is 11.8. The van der Waals surface area contributed by atoms with E-state index in [2.05, 4.69) is 18.8 Å². The molecule has 1 saturated heterocycles. The van der Waals surface area contributed by atoms with Crippen LogP contribution in [0.15, 0.2) is 0 Å². The Morgan fingerprint density at radius 1 is 1.04 bits per heavy atom. The first kappa shape index (κ1) is 21.5. The van der Waals surface area contributed by atoms with Gasteiger partial charge in [-0.25, -0.2) is 0 Å². The molecule has 1 aliphatic heterocycles. The average Bonchev–Trinajstić information content (AvgIpc) is 2.61. The van der Waals surface area contributed by atoms with E-state index in [0.29, 0.717) is 0 Å². The highest BCUT2D eigenvalue weighted by atomic mass is 16.7. The molecule has 1 unspecified atom stereocenters. The second-order valence-corrected chi connectivity index (χ2v) is 6.87. The summed E-state index contributed by atoms with van der Waals surface area (Å²) in [6.45, 7) is 3.81. The van der Waals surface area contributed by atoms with Gasteiger partial charge in [-0.05, 0) is 44.9 Å². The number of ether oxygens (including phenoxy) is 2. The number of aliphatic hydroxyl groups excluding tert-OH is 1. The summed E-state index contributed by atoms with van der Waals surface area (Å²) in [4.78, 5) is 0. The summed E-state index contributed by atoms with van der Waals surface area (Å²) >= 11 is 0. The molecule has 0 aromatic carbocycles. The normalized spacial score (nSPS) is 18.8. The molecule has 3 nitrogen and oxygen atoms in total. The highest BCUT2D eigenvalue weighted by molar-refractivity contribution is 5.04. The maximum Gasteiger partial charge on any atom is 0.157 e. The number of hydrogen-bond acceptors (Lipinski definition) is 3. The molecule has 24 heavy (non-hydrogen) atoms. The number of aliphatic hydroxyl groups is 1. The molecule has 1 heterocycles. The van der Waals surface area contributed by atoms with Crippen LogP contribution in [0.4, 0.5) is 0 Å². The molecule has 3 heteroatoms. The fourth-order valence-corrected chi connectivity index (χ4v) is 2.93. The molecule has 0 aromatic heterocycles. The second-order valence-electron chi connectivity index (χ2n) is 6.87. The lowest BCUT2D eigenvalue weighted by molar-refractivity contribution is -0.162. The predicted octanol–water partition coefficient (Wildman–Crippen LogP) is 5.20. The van der Waals surface area contributed by atoms with Crippen molar-refractivity contribution >= 4 is 0 Å². The summed E-state index contributed by atoms with van der Waals surface area (Å²) in [6, 6.07) is 0. The minimum absolute atomic E-state index is 0.00503. The zero-order valence-corrected chi connectivity index (χ0v) is 15.7. The minimum Gasteiger partial charge on any atom is -0.380 e. The van der Waals surface area contributed by atoms with Crippen molar-refractivity contribution in [2.24, 2.45) is 0 Å². The quantitative estimate of drug-likeness (QED) is 0.370. The first-order valence-electron chi connectivity index (χ1n) is 10.2. The summed E-state index contributed by atoms with van der Waals surface area (Å²) in [5, 5.41) is 9.86. The molecule has 0 amide bonds. The van der Waals surface area contributed by atoms with Crippen molar-refractivity contribution in [1.82, 2.24) is 0 Å². The highest BCUT2D eigenvalue weighted by Gasteiger charge is 2.13. The molecule has 1 fully saturated rings. The standard InChI is InChI=1S/C21H38O3/c1-2-3-4-5-6-7-8-9-10-15-20(22)16-11-13-18-23-21-17-12-14-19-24-21/h20-22H,2-9,11-14,16-19H2,1H3/t20-,21?/m0/s1. The smallest absolute Gasteiger partial charge is 0.157 e. The summed E-state index contributed by atoms with van der Waals surface area (Å²) in [5.41, 5.74) is 0. The van der Waals surface area contributed by atoms with Crippen LogP contribution >= 0.6 is 0 Å². The molecular weight excluding hydrogens is 300 g/mol. The summed E-state index contributed by atoms with van der Waals surface area (Å²) in [6.07, 6.45) is 15.7. The third-order valence-electron chi connectivity index (χ3n) is 4.49. The average molecular weight is 339 g/mol. The lowest BCUT2D eigenvalue weighted by atomic mass is 10.1. The maximum atomic E-state index is 9.86. The van der Waals surface area contributed by atoms with Crippen molar-refractivity contribution in [3.8, 4) is 11.8 Å². The van der Waals surface area contributed by atoms with Crippen LogP contribution in [0.1, 0.15) is 96.8 Å². The molecular formula is C21H38O3. The van der Waals surface area contributed by atoms with Crippen molar-refractivity contribution in [2.75, 3.05) is 13.2 Å². The van der Waals surface area contributed by atoms with Gasteiger partial charge in [0.15, 0.2) is 6.29 Å². The summed E-state index contributed by atoms with van der Waals surface area (Å²) < 4.78 is 11.2. The fraction of sp³-hybridized carbons (Fsp3) is 0.905. The van der Waals surface area contributed by atoms with E-state index in [-0.39, 0.29) is 6.29 Å². The van der Waals surface area contributed by atoms with Gasteiger partial charge < -0.3 is 14.6 Å². The van der Waals surface area contributed by atoms with Crippen LogP contribution in [-0.2, 0) is 9.47 Å². The largest absolute Gasteiger partial charge is 0.380 e. The summed E-state index contributed by atoms with van der Waals surface area (Å²) in [7, 11) is 0. The fourth-order valence-electron chi connectivity index (χ4n) is 2.93. The van der Waals surface area contributed by atoms with Gasteiger partial charge in [-0.2, -0.15) is 0 Å². The molecule has 0 radical (unpaired) electrons. The minimum atomic E-state index is -0.472. The van der Waals surface area contributed by atoms with Crippen LogP contribution in [0, 0.1) is 11.8 Å². The van der Waals surface area contributed by atoms with Gasteiger partial charge in [-0.15, -0.1) is 5.92 Å². The molecule has 0 saturated carbocycles. The maximum absolute atomic E-state index is 9.86. The van der Waals surface area contributed by atoms with Gasteiger partial charge in [0.2, 0.25) is 0 Å². The highest BCUT2D eigenvalue weighted by Crippen LogP contribution is 2.14. The van der Waals surface area contributed by atoms with Crippen molar-refractivity contribution in [3.63, 3.8) is 0 Å². The van der Waals surface area contributed by atoms with E-state index in [1.165, 1.54) is 51.4 Å². The Bertz CT molecular complexity index is 326. The van der Waals surface area contributed by atoms with E-state index in [0.717, 1.165) is 51.7 Å². The Morgan fingerprint density at radius 2 is 1.83 bits per heavy atom. The third kappa shape index (κ3) is 12.8. The Kier molecular flexibility index (Phi) is 14.3. The van der Waals surface area contributed by atoms with E-state index < -0.39 is 6.10 Å². The molecule has 140 valence electrons. The van der Waals surface area contributed by atoms with Gasteiger partial charge in [0.05, 0.1) is 0 Å². The molecule has 0 spiro atoms. The van der Waals surface area contributed by atoms with E-state index >= 15 is 0 Å². The van der Waals surface area contributed by atoms with Crippen LogP contribution in [0.5, 0.6) is 0 Å². The van der Waals surface area contributed by atoms with Crippen molar-refractivity contribution < 1.29 is 14.6 Å². The van der Waals surface area contributed by atoms with Gasteiger partial charge in [0, 0.05) is 19.6 Å². The molecule has 0 aliphatic carbocycles. The molecule has 0 aromatic rings. The van der Waals surface area contributed by atoms with Gasteiger partial charge in [-0.1, -0.05) is 51.4 Å². The molecule has 2 atom stereocenters. The van der Waals surface area contributed by atoms with E-state index in [9.17, 15) is 5.11 Å². The van der Waals surface area contributed by atoms with Crippen LogP contribution in [-0.4, -0.2) is 30.7 Å². The molecule has 1 N–H and O–H groups in total. The number of unbranched alkanes of at least 4 members (excludes halogenated alkanes) is 8. The van der Waals surface area contributed by atoms with E-state index in [4.69, 9.17) is 9.47 Å². The van der Waals surface area contributed by atoms with Crippen LogP contribution in [0.25, 0.3) is 0 Å². The Morgan fingerprint density at radius 3 is 2.58 bits per heavy atom. The van der Waals surface area contributed by atoms with Gasteiger partial charge in [-0.3, -0.25) is 0 Å². The van der Waals surface area contributed by atoms with Gasteiger partial charge in [0.25, 0.3) is 0 Å². The third-order valence-corrected chi connectivity index (χ3v) is 4.49. The van der Waals surface area contributed by atoms with E-state index in [1.807, 2.05) is 0 Å². The Balaban J connectivity index is 1.86. The van der Waals surface area contributed by atoms with Crippen LogP contribution in [0.2, 0.25) is 0 Å². The van der Waals surface area contributed by atoms with Crippen LogP contribution < -0.4 is 0 Å². The molecule has 1 aliphatic rings. The van der Waals surface area contributed by atoms with Crippen molar-refractivity contribution in [1.29, 1.82) is 0 Å². The van der Waals surface area contributed by atoms with E-state index in [1.54, 1.807) is 0 Å². The predicted molar refractivity (Wildman–Crippen MR) is 99.8 cm³/mol. The van der Waals surface area contributed by atoms with Gasteiger partial charge in [0.1, 0.15) is 6.10 Å². The zero-order valence-electron chi connectivity index (χ0n) is 15.7. The van der Waals surface area contributed by atoms with Crippen molar-refractivity contribution in [3.05, 3.63) is 0 Å².